The molecule has 3 aromatic carbocycles. The fraction of sp³-hybridized carbons (Fsp3) is 0.214. The summed E-state index contributed by atoms with van der Waals surface area (Å²) in [5.41, 5.74) is 4.91. The van der Waals surface area contributed by atoms with Crippen LogP contribution in [0.25, 0.3) is 5.70 Å². The van der Waals surface area contributed by atoms with Crippen molar-refractivity contribution in [1.29, 1.82) is 0 Å². The lowest BCUT2D eigenvalue weighted by Crippen LogP contribution is -2.32. The molecule has 0 bridgehead atoms. The van der Waals surface area contributed by atoms with Crippen molar-refractivity contribution in [3.8, 4) is 23.0 Å². The molecular formula is C28H26N4O4. The van der Waals surface area contributed by atoms with Crippen LogP contribution in [-0.2, 0) is 0 Å². The Hall–Kier alpha value is -4.46. The fourth-order valence-corrected chi connectivity index (χ4v) is 4.95. The van der Waals surface area contributed by atoms with Crippen molar-refractivity contribution in [3.05, 3.63) is 95.3 Å². The molecule has 0 saturated carbocycles. The molecule has 0 fully saturated rings. The maximum Gasteiger partial charge on any atom is 0.226 e. The summed E-state index contributed by atoms with van der Waals surface area (Å²) in [5, 5.41) is 8.12. The zero-order valence-electron chi connectivity index (χ0n) is 20.3. The number of aromatic nitrogens is 3. The first-order valence-corrected chi connectivity index (χ1v) is 11.8. The van der Waals surface area contributed by atoms with Gasteiger partial charge in [0.15, 0.2) is 11.5 Å². The lowest BCUT2D eigenvalue weighted by atomic mass is 9.84. The van der Waals surface area contributed by atoms with Crippen LogP contribution >= 0.6 is 0 Å². The van der Waals surface area contributed by atoms with E-state index in [2.05, 4.69) is 27.5 Å². The third-order valence-corrected chi connectivity index (χ3v) is 6.52. The van der Waals surface area contributed by atoms with Crippen LogP contribution in [0.1, 0.15) is 35.8 Å². The van der Waals surface area contributed by atoms with Crippen LogP contribution in [0.15, 0.2) is 78.6 Å². The highest BCUT2D eigenvalue weighted by molar-refractivity contribution is 5.85. The monoisotopic (exact) mass is 482 g/mol. The Labute approximate surface area is 209 Å². The van der Waals surface area contributed by atoms with Crippen LogP contribution in [0.5, 0.6) is 23.0 Å². The SMILES string of the molecule is CCOc1ccc(C2C3=C(Nc4ncnn42)c2ccccc2OC3c2cccc(OC)c2)cc1OC. The predicted molar refractivity (Wildman–Crippen MR) is 136 cm³/mol. The van der Waals surface area contributed by atoms with Gasteiger partial charge in [0.2, 0.25) is 5.95 Å². The molecule has 3 heterocycles. The van der Waals surface area contributed by atoms with Crippen molar-refractivity contribution in [1.82, 2.24) is 14.8 Å². The van der Waals surface area contributed by atoms with Gasteiger partial charge in [0.1, 0.15) is 30.0 Å². The van der Waals surface area contributed by atoms with Gasteiger partial charge in [0.25, 0.3) is 0 Å². The summed E-state index contributed by atoms with van der Waals surface area (Å²) in [6, 6.07) is 21.7. The van der Waals surface area contributed by atoms with Crippen LogP contribution in [0.4, 0.5) is 5.95 Å². The van der Waals surface area contributed by atoms with Crippen molar-refractivity contribution in [2.75, 3.05) is 26.1 Å². The second-order valence-electron chi connectivity index (χ2n) is 8.50. The zero-order valence-corrected chi connectivity index (χ0v) is 20.3. The molecular weight excluding hydrogens is 456 g/mol. The van der Waals surface area contributed by atoms with Gasteiger partial charge in [-0.3, -0.25) is 0 Å². The second kappa shape index (κ2) is 8.96. The zero-order chi connectivity index (χ0) is 24.6. The lowest BCUT2D eigenvalue weighted by molar-refractivity contribution is 0.222. The normalized spacial score (nSPS) is 17.8. The van der Waals surface area contributed by atoms with Crippen molar-refractivity contribution < 1.29 is 18.9 Å². The quantitative estimate of drug-likeness (QED) is 0.402. The van der Waals surface area contributed by atoms with Crippen LogP contribution in [-0.4, -0.2) is 35.6 Å². The molecule has 4 aromatic rings. The Balaban J connectivity index is 1.59. The molecule has 0 aliphatic carbocycles. The Bertz CT molecular complexity index is 1460. The van der Waals surface area contributed by atoms with Gasteiger partial charge in [0, 0.05) is 16.7 Å². The maximum atomic E-state index is 6.68. The molecule has 2 aliphatic heterocycles. The Morgan fingerprint density at radius 1 is 0.944 bits per heavy atom. The van der Waals surface area contributed by atoms with E-state index in [1.807, 2.05) is 66.2 Å². The number of anilines is 1. The molecule has 2 aliphatic rings. The lowest BCUT2D eigenvalue weighted by Gasteiger charge is -2.39. The van der Waals surface area contributed by atoms with Crippen LogP contribution in [0.3, 0.4) is 0 Å². The minimum Gasteiger partial charge on any atom is -0.497 e. The van der Waals surface area contributed by atoms with Gasteiger partial charge in [-0.1, -0.05) is 30.3 Å². The molecule has 182 valence electrons. The van der Waals surface area contributed by atoms with Gasteiger partial charge in [-0.2, -0.15) is 10.1 Å². The third kappa shape index (κ3) is 3.53. The van der Waals surface area contributed by atoms with Crippen molar-refractivity contribution in [2.24, 2.45) is 0 Å². The first kappa shape index (κ1) is 22.0. The van der Waals surface area contributed by atoms with E-state index in [4.69, 9.17) is 18.9 Å². The van der Waals surface area contributed by atoms with Gasteiger partial charge in [-0.05, 0) is 48.9 Å². The summed E-state index contributed by atoms with van der Waals surface area (Å²) in [5.74, 6) is 3.58. The van der Waals surface area contributed by atoms with Gasteiger partial charge < -0.3 is 24.3 Å². The van der Waals surface area contributed by atoms with E-state index in [1.165, 1.54) is 0 Å². The number of methoxy groups -OCH3 is 2. The molecule has 36 heavy (non-hydrogen) atoms. The minimum absolute atomic E-state index is 0.298. The number of rotatable bonds is 6. The van der Waals surface area contributed by atoms with E-state index in [-0.39, 0.29) is 6.04 Å². The molecule has 0 spiro atoms. The average Bonchev–Trinajstić information content (AvgIpc) is 3.40. The molecule has 1 aromatic heterocycles. The van der Waals surface area contributed by atoms with Crippen molar-refractivity contribution >= 4 is 11.6 Å². The first-order valence-electron chi connectivity index (χ1n) is 11.8. The second-order valence-corrected chi connectivity index (χ2v) is 8.50. The molecule has 8 nitrogen and oxygen atoms in total. The number of fused-ring (bicyclic) bond motifs is 3. The summed E-state index contributed by atoms with van der Waals surface area (Å²) >= 11 is 0. The average molecular weight is 483 g/mol. The number of para-hydroxylation sites is 1. The summed E-state index contributed by atoms with van der Waals surface area (Å²) < 4.78 is 25.5. The highest BCUT2D eigenvalue weighted by atomic mass is 16.5. The smallest absolute Gasteiger partial charge is 0.226 e. The molecule has 8 heteroatoms. The number of nitrogens with zero attached hydrogens (tertiary/aromatic N) is 3. The summed E-state index contributed by atoms with van der Waals surface area (Å²) in [4.78, 5) is 4.50. The van der Waals surface area contributed by atoms with Crippen LogP contribution < -0.4 is 24.3 Å². The fourth-order valence-electron chi connectivity index (χ4n) is 4.95. The predicted octanol–water partition coefficient (Wildman–Crippen LogP) is 5.25. The number of hydrogen-bond donors (Lipinski definition) is 1. The largest absolute Gasteiger partial charge is 0.497 e. The topological polar surface area (TPSA) is 79.7 Å². The third-order valence-electron chi connectivity index (χ3n) is 6.52. The van der Waals surface area contributed by atoms with E-state index in [9.17, 15) is 0 Å². The van der Waals surface area contributed by atoms with Gasteiger partial charge >= 0.3 is 0 Å². The van der Waals surface area contributed by atoms with E-state index < -0.39 is 6.10 Å². The maximum absolute atomic E-state index is 6.68. The highest BCUT2D eigenvalue weighted by Crippen LogP contribution is 2.51. The van der Waals surface area contributed by atoms with Crippen molar-refractivity contribution in [3.63, 3.8) is 0 Å². The summed E-state index contributed by atoms with van der Waals surface area (Å²) in [6.45, 7) is 2.50. The van der Waals surface area contributed by atoms with Gasteiger partial charge in [-0.15, -0.1) is 0 Å². The van der Waals surface area contributed by atoms with Crippen LogP contribution in [0.2, 0.25) is 0 Å². The number of ether oxygens (including phenoxy) is 4. The molecule has 1 N–H and O–H groups in total. The van der Waals surface area contributed by atoms with Gasteiger partial charge in [0.05, 0.1) is 26.5 Å². The van der Waals surface area contributed by atoms with E-state index in [0.29, 0.717) is 24.1 Å². The van der Waals surface area contributed by atoms with Gasteiger partial charge in [-0.25, -0.2) is 4.68 Å². The Morgan fingerprint density at radius 3 is 2.67 bits per heavy atom. The molecule has 2 unspecified atom stereocenters. The molecule has 0 saturated heterocycles. The minimum atomic E-state index is -0.391. The van der Waals surface area contributed by atoms with E-state index >= 15 is 0 Å². The first-order chi connectivity index (χ1) is 17.7. The van der Waals surface area contributed by atoms with Crippen molar-refractivity contribution in [2.45, 2.75) is 19.1 Å². The molecule has 2 atom stereocenters. The number of nitrogens with one attached hydrogen (secondary N) is 1. The number of hydrogen-bond acceptors (Lipinski definition) is 7. The Morgan fingerprint density at radius 2 is 1.83 bits per heavy atom. The van der Waals surface area contributed by atoms with Crippen LogP contribution in [0, 0.1) is 0 Å². The summed E-state index contributed by atoms with van der Waals surface area (Å²) in [7, 11) is 3.31. The standard InChI is InChI=1S/C28H26N4O4/c1-4-35-22-13-12-17(15-23(22)34-3)26-24-25(31-28-29-16-30-32(26)28)20-10-5-6-11-21(20)36-27(24)18-8-7-9-19(14-18)33-2/h5-16,26-27H,4H2,1-3H3,(H,29,30,31). The highest BCUT2D eigenvalue weighted by Gasteiger charge is 2.41. The molecule has 6 rings (SSSR count). The van der Waals surface area contributed by atoms with E-state index in [1.54, 1.807) is 20.5 Å². The van der Waals surface area contributed by atoms with E-state index in [0.717, 1.165) is 39.5 Å². The molecule has 0 amide bonds. The number of benzene rings is 3. The summed E-state index contributed by atoms with van der Waals surface area (Å²) in [6.07, 6.45) is 1.17. The molecule has 0 radical (unpaired) electrons. The Kier molecular flexibility index (Phi) is 5.48.